The van der Waals surface area contributed by atoms with Crippen LogP contribution in [0.15, 0.2) is 30.6 Å². The van der Waals surface area contributed by atoms with Gasteiger partial charge in [0.1, 0.15) is 17.3 Å². The fourth-order valence-corrected chi connectivity index (χ4v) is 3.48. The molecule has 2 aromatic heterocycles. The molecule has 1 N–H and O–H groups in total. The van der Waals surface area contributed by atoms with Gasteiger partial charge in [-0.15, -0.1) is 0 Å². The molecule has 4 rings (SSSR count). The van der Waals surface area contributed by atoms with Crippen molar-refractivity contribution in [2.75, 3.05) is 6.54 Å². The number of aryl methyl sites for hydroxylation is 1. The van der Waals surface area contributed by atoms with Gasteiger partial charge < -0.3 is 9.88 Å². The minimum atomic E-state index is -0.722. The number of amides is 1. The van der Waals surface area contributed by atoms with Crippen LogP contribution in [0.5, 0.6) is 0 Å². The second-order valence-electron chi connectivity index (χ2n) is 6.54. The van der Waals surface area contributed by atoms with Crippen LogP contribution in [0.1, 0.15) is 35.0 Å². The van der Waals surface area contributed by atoms with Crippen molar-refractivity contribution >= 4 is 5.91 Å². The van der Waals surface area contributed by atoms with E-state index in [0.717, 1.165) is 42.4 Å². The summed E-state index contributed by atoms with van der Waals surface area (Å²) in [5, 5.41) is 4.67. The van der Waals surface area contributed by atoms with Gasteiger partial charge >= 0.3 is 0 Å². The summed E-state index contributed by atoms with van der Waals surface area (Å²) in [6, 6.07) is 2.93. The third-order valence-corrected chi connectivity index (χ3v) is 4.74. The molecule has 3 heterocycles. The molecule has 0 aliphatic carbocycles. The van der Waals surface area contributed by atoms with Gasteiger partial charge in [-0.25, -0.2) is 13.8 Å². The summed E-state index contributed by atoms with van der Waals surface area (Å²) in [7, 11) is 0. The molecule has 0 saturated carbocycles. The number of imidazole rings is 1. The molecule has 27 heavy (non-hydrogen) atoms. The molecular weight excluding hydrogens is 352 g/mol. The SMILES string of the molecule is CCCn1nc(-c2ncc[nH]2)c2c1CCN(C(=O)c1cc(F)ccc1F)C2. The van der Waals surface area contributed by atoms with Crippen LogP contribution in [0.4, 0.5) is 8.78 Å². The van der Waals surface area contributed by atoms with Crippen LogP contribution in [0.3, 0.4) is 0 Å². The number of aromatic amines is 1. The van der Waals surface area contributed by atoms with Gasteiger partial charge in [-0.3, -0.25) is 9.48 Å². The highest BCUT2D eigenvalue weighted by Crippen LogP contribution is 2.29. The fraction of sp³-hybridized carbons (Fsp3) is 0.316. The molecule has 0 unspecified atom stereocenters. The number of benzene rings is 1. The average molecular weight is 371 g/mol. The molecule has 0 bridgehead atoms. The Bertz CT molecular complexity index is 980. The first-order chi connectivity index (χ1) is 13.1. The predicted molar refractivity (Wildman–Crippen MR) is 94.9 cm³/mol. The van der Waals surface area contributed by atoms with Crippen LogP contribution in [0.2, 0.25) is 0 Å². The number of H-pyrrole nitrogens is 1. The number of fused-ring (bicyclic) bond motifs is 1. The Morgan fingerprint density at radius 2 is 2.19 bits per heavy atom. The maximum absolute atomic E-state index is 14.0. The van der Waals surface area contributed by atoms with Gasteiger partial charge in [0, 0.05) is 43.2 Å². The summed E-state index contributed by atoms with van der Waals surface area (Å²) < 4.78 is 29.5. The molecule has 0 fully saturated rings. The molecule has 0 spiro atoms. The first kappa shape index (κ1) is 17.4. The molecule has 1 aromatic carbocycles. The van der Waals surface area contributed by atoms with E-state index in [1.165, 1.54) is 4.90 Å². The zero-order valence-corrected chi connectivity index (χ0v) is 14.9. The van der Waals surface area contributed by atoms with Crippen LogP contribution < -0.4 is 0 Å². The Balaban J connectivity index is 1.70. The highest BCUT2D eigenvalue weighted by molar-refractivity contribution is 5.94. The monoisotopic (exact) mass is 371 g/mol. The third-order valence-electron chi connectivity index (χ3n) is 4.74. The van der Waals surface area contributed by atoms with Gasteiger partial charge in [0.2, 0.25) is 0 Å². The third kappa shape index (κ3) is 3.11. The van der Waals surface area contributed by atoms with Crippen molar-refractivity contribution in [2.24, 2.45) is 0 Å². The summed E-state index contributed by atoms with van der Waals surface area (Å²) in [6.45, 7) is 3.56. The van der Waals surface area contributed by atoms with E-state index in [0.29, 0.717) is 24.5 Å². The summed E-state index contributed by atoms with van der Waals surface area (Å²) in [4.78, 5) is 21.6. The normalized spacial score (nSPS) is 13.7. The molecule has 0 atom stereocenters. The minimum absolute atomic E-state index is 0.251. The van der Waals surface area contributed by atoms with Crippen molar-refractivity contribution in [1.82, 2.24) is 24.6 Å². The lowest BCUT2D eigenvalue weighted by molar-refractivity contribution is 0.0728. The summed E-state index contributed by atoms with van der Waals surface area (Å²) >= 11 is 0. The van der Waals surface area contributed by atoms with Crippen LogP contribution >= 0.6 is 0 Å². The van der Waals surface area contributed by atoms with E-state index in [-0.39, 0.29) is 12.1 Å². The first-order valence-corrected chi connectivity index (χ1v) is 8.91. The standard InChI is InChI=1S/C19H19F2N5O/c1-2-8-26-16-5-9-25(19(27)13-10-12(20)3-4-15(13)21)11-14(16)17(24-26)18-22-6-7-23-18/h3-4,6-7,10H,2,5,8-9,11H2,1H3,(H,22,23). The van der Waals surface area contributed by atoms with E-state index in [1.54, 1.807) is 12.4 Å². The number of nitrogens with one attached hydrogen (secondary N) is 1. The lowest BCUT2D eigenvalue weighted by Gasteiger charge is -2.28. The van der Waals surface area contributed by atoms with E-state index >= 15 is 0 Å². The molecule has 6 nitrogen and oxygen atoms in total. The number of carbonyl (C=O) groups is 1. The van der Waals surface area contributed by atoms with Gasteiger partial charge in [0.25, 0.3) is 5.91 Å². The quantitative estimate of drug-likeness (QED) is 0.766. The Morgan fingerprint density at radius 3 is 2.93 bits per heavy atom. The number of nitrogens with zero attached hydrogens (tertiary/aromatic N) is 4. The van der Waals surface area contributed by atoms with Crippen molar-refractivity contribution in [3.63, 3.8) is 0 Å². The molecule has 1 aliphatic rings. The minimum Gasteiger partial charge on any atom is -0.343 e. The fourth-order valence-electron chi connectivity index (χ4n) is 3.48. The Kier molecular flexibility index (Phi) is 4.47. The number of rotatable bonds is 4. The number of carbonyl (C=O) groups excluding carboxylic acids is 1. The lowest BCUT2D eigenvalue weighted by atomic mass is 10.0. The maximum Gasteiger partial charge on any atom is 0.257 e. The Hall–Kier alpha value is -3.03. The Labute approximate surface area is 154 Å². The maximum atomic E-state index is 14.0. The molecule has 1 aliphatic heterocycles. The summed E-state index contributed by atoms with van der Waals surface area (Å²) in [5.74, 6) is -1.25. The smallest absolute Gasteiger partial charge is 0.257 e. The van der Waals surface area contributed by atoms with Gasteiger partial charge in [0.05, 0.1) is 12.1 Å². The molecule has 0 saturated heterocycles. The zero-order chi connectivity index (χ0) is 19.0. The highest BCUT2D eigenvalue weighted by atomic mass is 19.1. The van der Waals surface area contributed by atoms with Crippen molar-refractivity contribution in [2.45, 2.75) is 32.9 Å². The van der Waals surface area contributed by atoms with E-state index in [4.69, 9.17) is 0 Å². The number of hydrogen-bond donors (Lipinski definition) is 1. The molecule has 8 heteroatoms. The predicted octanol–water partition coefficient (Wildman–Crippen LogP) is 3.16. The second kappa shape index (κ2) is 6.94. The molecule has 3 aromatic rings. The van der Waals surface area contributed by atoms with Gasteiger partial charge in [-0.05, 0) is 24.6 Å². The van der Waals surface area contributed by atoms with Crippen LogP contribution in [-0.4, -0.2) is 37.1 Å². The van der Waals surface area contributed by atoms with E-state index in [1.807, 2.05) is 4.68 Å². The zero-order valence-electron chi connectivity index (χ0n) is 14.9. The second-order valence-corrected chi connectivity index (χ2v) is 6.54. The first-order valence-electron chi connectivity index (χ1n) is 8.91. The van der Waals surface area contributed by atoms with Crippen LogP contribution in [-0.2, 0) is 19.5 Å². The number of halogens is 2. The van der Waals surface area contributed by atoms with Crippen molar-refractivity contribution in [3.8, 4) is 11.5 Å². The van der Waals surface area contributed by atoms with Gasteiger partial charge in [-0.1, -0.05) is 6.92 Å². The van der Waals surface area contributed by atoms with Gasteiger partial charge in [-0.2, -0.15) is 5.10 Å². The van der Waals surface area contributed by atoms with Crippen LogP contribution in [0, 0.1) is 11.6 Å². The van der Waals surface area contributed by atoms with E-state index in [2.05, 4.69) is 22.0 Å². The van der Waals surface area contributed by atoms with Crippen molar-refractivity contribution in [1.29, 1.82) is 0 Å². The number of hydrogen-bond acceptors (Lipinski definition) is 3. The largest absolute Gasteiger partial charge is 0.343 e. The topological polar surface area (TPSA) is 66.8 Å². The lowest BCUT2D eigenvalue weighted by Crippen LogP contribution is -2.37. The number of aromatic nitrogens is 4. The Morgan fingerprint density at radius 1 is 1.33 bits per heavy atom. The average Bonchev–Trinajstić information content (AvgIpc) is 3.31. The van der Waals surface area contributed by atoms with Crippen molar-refractivity contribution < 1.29 is 13.6 Å². The van der Waals surface area contributed by atoms with Crippen molar-refractivity contribution in [3.05, 3.63) is 59.0 Å². The van der Waals surface area contributed by atoms with E-state index < -0.39 is 17.5 Å². The molecule has 140 valence electrons. The highest BCUT2D eigenvalue weighted by Gasteiger charge is 2.30. The molecule has 0 radical (unpaired) electrons. The van der Waals surface area contributed by atoms with Crippen LogP contribution in [0.25, 0.3) is 11.5 Å². The van der Waals surface area contributed by atoms with E-state index in [9.17, 15) is 13.6 Å². The summed E-state index contributed by atoms with van der Waals surface area (Å²) in [5.41, 5.74) is 2.40. The summed E-state index contributed by atoms with van der Waals surface area (Å²) in [6.07, 6.45) is 4.90. The molecular formula is C19H19F2N5O. The van der Waals surface area contributed by atoms with Gasteiger partial charge in [0.15, 0.2) is 5.82 Å². The molecule has 1 amide bonds.